The van der Waals surface area contributed by atoms with E-state index in [1.807, 2.05) is 42.8 Å². The van der Waals surface area contributed by atoms with Gasteiger partial charge in [0.2, 0.25) is 0 Å². The minimum absolute atomic E-state index is 0.107. The molecule has 3 heterocycles. The fraction of sp³-hybridized carbons (Fsp3) is 0.214. The molecule has 1 amide bonds. The molecule has 0 bridgehead atoms. The number of nitrogens with zero attached hydrogens (tertiary/aromatic N) is 3. The molecule has 20 heavy (non-hydrogen) atoms. The van der Waals surface area contributed by atoms with Crippen LogP contribution in [-0.2, 0) is 6.54 Å². The molecule has 0 radical (unpaired) electrons. The monoisotopic (exact) mass is 286 g/mol. The fourth-order valence-corrected chi connectivity index (χ4v) is 2.71. The number of amides is 1. The molecular weight excluding hydrogens is 272 g/mol. The first-order valence-corrected chi connectivity index (χ1v) is 7.09. The topological polar surface area (TPSA) is 59.3 Å². The van der Waals surface area contributed by atoms with E-state index in [4.69, 9.17) is 0 Å². The fourth-order valence-electron chi connectivity index (χ4n) is 2.01. The predicted octanol–water partition coefficient (Wildman–Crippen LogP) is 2.34. The molecule has 1 N–H and O–H groups in total. The van der Waals surface area contributed by atoms with Crippen molar-refractivity contribution in [2.45, 2.75) is 20.4 Å². The van der Waals surface area contributed by atoms with Crippen molar-refractivity contribution in [1.29, 1.82) is 0 Å². The Morgan fingerprint density at radius 3 is 3.00 bits per heavy atom. The minimum Gasteiger partial charge on any atom is -0.346 e. The third-order valence-corrected chi connectivity index (χ3v) is 3.91. The number of hydrogen-bond donors (Lipinski definition) is 1. The van der Waals surface area contributed by atoms with E-state index in [1.54, 1.807) is 6.20 Å². The van der Waals surface area contributed by atoms with E-state index < -0.39 is 0 Å². The summed E-state index contributed by atoms with van der Waals surface area (Å²) in [5, 5.41) is 3.75. The van der Waals surface area contributed by atoms with Crippen molar-refractivity contribution in [3.63, 3.8) is 0 Å². The number of thiazole rings is 1. The summed E-state index contributed by atoms with van der Waals surface area (Å²) >= 11 is 1.39. The predicted molar refractivity (Wildman–Crippen MR) is 78.0 cm³/mol. The maximum absolute atomic E-state index is 11.9. The SMILES string of the molecule is Cc1ncc(C(=O)NCc2cn3cccc(C)c3n2)s1. The average molecular weight is 286 g/mol. The lowest BCUT2D eigenvalue weighted by molar-refractivity contribution is 0.0954. The molecule has 0 saturated heterocycles. The maximum Gasteiger partial charge on any atom is 0.263 e. The molecule has 6 heteroatoms. The normalized spacial score (nSPS) is 10.9. The smallest absolute Gasteiger partial charge is 0.263 e. The van der Waals surface area contributed by atoms with E-state index in [1.165, 1.54) is 11.3 Å². The van der Waals surface area contributed by atoms with Gasteiger partial charge in [-0.15, -0.1) is 11.3 Å². The Hall–Kier alpha value is -2.21. The quantitative estimate of drug-likeness (QED) is 0.804. The van der Waals surface area contributed by atoms with Crippen LogP contribution in [0.2, 0.25) is 0 Å². The zero-order valence-corrected chi connectivity index (χ0v) is 12.1. The number of aryl methyl sites for hydroxylation is 2. The second kappa shape index (κ2) is 5.05. The van der Waals surface area contributed by atoms with Crippen LogP contribution >= 0.6 is 11.3 Å². The van der Waals surface area contributed by atoms with Crippen LogP contribution in [0.3, 0.4) is 0 Å². The molecule has 3 rings (SSSR count). The van der Waals surface area contributed by atoms with Crippen molar-refractivity contribution in [2.75, 3.05) is 0 Å². The summed E-state index contributed by atoms with van der Waals surface area (Å²) in [5.74, 6) is -0.107. The summed E-state index contributed by atoms with van der Waals surface area (Å²) in [6.07, 6.45) is 5.48. The van der Waals surface area contributed by atoms with Gasteiger partial charge in [-0.1, -0.05) is 6.07 Å². The van der Waals surface area contributed by atoms with Crippen LogP contribution in [0, 0.1) is 13.8 Å². The molecule has 0 aromatic carbocycles. The highest BCUT2D eigenvalue weighted by Gasteiger charge is 2.10. The Morgan fingerprint density at radius 1 is 1.45 bits per heavy atom. The number of hydrogen-bond acceptors (Lipinski definition) is 4. The lowest BCUT2D eigenvalue weighted by Gasteiger charge is -1.99. The molecule has 3 aromatic heterocycles. The van der Waals surface area contributed by atoms with Crippen molar-refractivity contribution in [3.05, 3.63) is 51.9 Å². The number of fused-ring (bicyclic) bond motifs is 1. The highest BCUT2D eigenvalue weighted by Crippen LogP contribution is 2.12. The third-order valence-electron chi connectivity index (χ3n) is 3.00. The van der Waals surface area contributed by atoms with Gasteiger partial charge < -0.3 is 9.72 Å². The first kappa shape index (κ1) is 12.8. The number of pyridine rings is 1. The zero-order chi connectivity index (χ0) is 14.1. The van der Waals surface area contributed by atoms with Crippen LogP contribution in [0.15, 0.2) is 30.7 Å². The van der Waals surface area contributed by atoms with Crippen molar-refractivity contribution in [3.8, 4) is 0 Å². The molecule has 0 atom stereocenters. The molecule has 0 aliphatic rings. The first-order valence-electron chi connectivity index (χ1n) is 6.27. The molecule has 0 saturated carbocycles. The van der Waals surface area contributed by atoms with Crippen LogP contribution in [0.1, 0.15) is 25.9 Å². The van der Waals surface area contributed by atoms with E-state index in [-0.39, 0.29) is 5.91 Å². The average Bonchev–Trinajstić information content (AvgIpc) is 3.03. The van der Waals surface area contributed by atoms with E-state index in [0.717, 1.165) is 21.9 Å². The van der Waals surface area contributed by atoms with E-state index in [2.05, 4.69) is 15.3 Å². The second-order valence-corrected chi connectivity index (χ2v) is 5.82. The molecule has 0 aliphatic carbocycles. The standard InChI is InChI=1S/C14H14N4OS/c1-9-4-3-5-18-8-11(17-13(9)18)6-16-14(19)12-7-15-10(2)20-12/h3-5,7-8H,6H2,1-2H3,(H,16,19). The third kappa shape index (κ3) is 2.42. The van der Waals surface area contributed by atoms with E-state index in [9.17, 15) is 4.79 Å². The first-order chi connectivity index (χ1) is 9.63. The van der Waals surface area contributed by atoms with Crippen molar-refractivity contribution in [1.82, 2.24) is 19.7 Å². The van der Waals surface area contributed by atoms with Gasteiger partial charge in [0.05, 0.1) is 23.4 Å². The van der Waals surface area contributed by atoms with Crippen LogP contribution < -0.4 is 5.32 Å². The number of aromatic nitrogens is 3. The van der Waals surface area contributed by atoms with Gasteiger partial charge in [-0.25, -0.2) is 9.97 Å². The van der Waals surface area contributed by atoms with Gasteiger partial charge in [-0.3, -0.25) is 4.79 Å². The molecule has 5 nitrogen and oxygen atoms in total. The van der Waals surface area contributed by atoms with Gasteiger partial charge in [0.25, 0.3) is 5.91 Å². The summed E-state index contributed by atoms with van der Waals surface area (Å²) in [6.45, 7) is 4.31. The van der Waals surface area contributed by atoms with Gasteiger partial charge in [0.1, 0.15) is 10.5 Å². The highest BCUT2D eigenvalue weighted by molar-refractivity contribution is 7.13. The minimum atomic E-state index is -0.107. The summed E-state index contributed by atoms with van der Waals surface area (Å²) in [5.41, 5.74) is 2.88. The van der Waals surface area contributed by atoms with E-state index >= 15 is 0 Å². The number of carbonyl (C=O) groups is 1. The summed E-state index contributed by atoms with van der Waals surface area (Å²) in [7, 11) is 0. The zero-order valence-electron chi connectivity index (χ0n) is 11.3. The van der Waals surface area contributed by atoms with Crippen molar-refractivity contribution < 1.29 is 4.79 Å². The number of rotatable bonds is 3. The summed E-state index contributed by atoms with van der Waals surface area (Å²) in [4.78, 5) is 21.2. The Labute approximate surface area is 120 Å². The summed E-state index contributed by atoms with van der Waals surface area (Å²) < 4.78 is 1.97. The van der Waals surface area contributed by atoms with E-state index in [0.29, 0.717) is 11.4 Å². The van der Waals surface area contributed by atoms with Crippen molar-refractivity contribution in [2.24, 2.45) is 0 Å². The molecule has 0 fully saturated rings. The lowest BCUT2D eigenvalue weighted by atomic mass is 10.3. The van der Waals surface area contributed by atoms with Crippen LogP contribution in [-0.4, -0.2) is 20.3 Å². The molecule has 102 valence electrons. The van der Waals surface area contributed by atoms with Gasteiger partial charge >= 0.3 is 0 Å². The van der Waals surface area contributed by atoms with Gasteiger partial charge in [-0.05, 0) is 25.5 Å². The molecule has 0 unspecified atom stereocenters. The Kier molecular flexibility index (Phi) is 3.23. The van der Waals surface area contributed by atoms with Crippen LogP contribution in [0.25, 0.3) is 5.65 Å². The number of imidazole rings is 1. The number of nitrogens with one attached hydrogen (secondary N) is 1. The van der Waals surface area contributed by atoms with Crippen molar-refractivity contribution >= 4 is 22.9 Å². The Balaban J connectivity index is 1.74. The maximum atomic E-state index is 11.9. The highest BCUT2D eigenvalue weighted by atomic mass is 32.1. The molecule has 0 spiro atoms. The molecular formula is C14H14N4OS. The van der Waals surface area contributed by atoms with Gasteiger partial charge in [-0.2, -0.15) is 0 Å². The Morgan fingerprint density at radius 2 is 2.30 bits per heavy atom. The van der Waals surface area contributed by atoms with Gasteiger partial charge in [0, 0.05) is 12.4 Å². The Bertz CT molecular complexity index is 774. The largest absolute Gasteiger partial charge is 0.346 e. The van der Waals surface area contributed by atoms with Gasteiger partial charge in [0.15, 0.2) is 0 Å². The molecule has 0 aliphatic heterocycles. The van der Waals surface area contributed by atoms with Crippen LogP contribution in [0.4, 0.5) is 0 Å². The van der Waals surface area contributed by atoms with Crippen LogP contribution in [0.5, 0.6) is 0 Å². The molecule has 3 aromatic rings. The second-order valence-electron chi connectivity index (χ2n) is 4.58. The summed E-state index contributed by atoms with van der Waals surface area (Å²) in [6, 6.07) is 4.00. The number of carbonyl (C=O) groups excluding carboxylic acids is 1. The lowest BCUT2D eigenvalue weighted by Crippen LogP contribution is -2.21.